The first-order chi connectivity index (χ1) is 23.6. The molecule has 4 rings (SSSR count). The highest BCUT2D eigenvalue weighted by Gasteiger charge is 2.48. The molecule has 0 unspecified atom stereocenters. The quantitative estimate of drug-likeness (QED) is 0.112. The minimum absolute atomic E-state index is 0.131. The molecule has 1 fully saturated rings. The Balaban J connectivity index is 1.53. The van der Waals surface area contributed by atoms with Crippen LogP contribution in [0, 0.1) is 34.2 Å². The first-order valence-corrected chi connectivity index (χ1v) is 17.7. The molecule has 50 heavy (non-hydrogen) atoms. The molecule has 0 bridgehead atoms. The second-order valence-corrected chi connectivity index (χ2v) is 14.9. The van der Waals surface area contributed by atoms with Gasteiger partial charge in [0.05, 0.1) is 48.7 Å². The summed E-state index contributed by atoms with van der Waals surface area (Å²) in [6.45, 7) is 4.36. The fraction of sp³-hybridized carbons (Fsp3) is 0.394. The van der Waals surface area contributed by atoms with Gasteiger partial charge in [0.15, 0.2) is 11.9 Å². The molecule has 0 aliphatic carbocycles. The van der Waals surface area contributed by atoms with Crippen molar-refractivity contribution in [2.45, 2.75) is 56.1 Å². The van der Waals surface area contributed by atoms with Crippen LogP contribution >= 0.6 is 19.6 Å². The number of phosphoric ester groups is 1. The molecule has 268 valence electrons. The number of allylic oxidation sites excluding steroid dienone is 2. The van der Waals surface area contributed by atoms with E-state index in [1.165, 1.54) is 67.2 Å². The van der Waals surface area contributed by atoms with Crippen LogP contribution in [-0.2, 0) is 40.2 Å². The first kappa shape index (κ1) is 39.0. The lowest BCUT2D eigenvalue weighted by Crippen LogP contribution is -2.49. The predicted octanol–water partition coefficient (Wildman–Crippen LogP) is 5.66. The van der Waals surface area contributed by atoms with E-state index in [0.717, 1.165) is 12.1 Å². The van der Waals surface area contributed by atoms with Crippen LogP contribution in [0.1, 0.15) is 43.9 Å². The van der Waals surface area contributed by atoms with Gasteiger partial charge in [0.2, 0.25) is 0 Å². The zero-order valence-corrected chi connectivity index (χ0v) is 29.0. The van der Waals surface area contributed by atoms with Crippen molar-refractivity contribution < 1.29 is 51.1 Å². The van der Waals surface area contributed by atoms with E-state index >= 15 is 4.39 Å². The van der Waals surface area contributed by atoms with Crippen molar-refractivity contribution in [1.82, 2.24) is 14.8 Å². The second kappa shape index (κ2) is 16.9. The average molecular weight is 737 g/mol. The van der Waals surface area contributed by atoms with Gasteiger partial charge in [0.25, 0.3) is 0 Å². The molecule has 17 heteroatoms. The number of nitrogens with zero attached hydrogens (tertiary/aromatic N) is 4. The zero-order valence-electron chi connectivity index (χ0n) is 27.3. The van der Waals surface area contributed by atoms with Crippen LogP contribution in [0.4, 0.5) is 13.2 Å². The smallest absolute Gasteiger partial charge is 0.450 e. The molecule has 2 heterocycles. The highest BCUT2D eigenvalue weighted by molar-refractivity contribution is 8.00. The number of carbonyl (C=O) groups is 1. The van der Waals surface area contributed by atoms with Crippen molar-refractivity contribution >= 4 is 31.6 Å². The fourth-order valence-corrected chi connectivity index (χ4v) is 6.64. The third-order valence-electron chi connectivity index (χ3n) is 7.80. The van der Waals surface area contributed by atoms with E-state index in [1.807, 2.05) is 6.07 Å². The van der Waals surface area contributed by atoms with E-state index in [9.17, 15) is 18.1 Å². The number of phosphoric acid groups is 1. The van der Waals surface area contributed by atoms with Crippen LogP contribution in [0.2, 0.25) is 0 Å². The van der Waals surface area contributed by atoms with Crippen molar-refractivity contribution in [1.29, 1.82) is 5.26 Å². The van der Waals surface area contributed by atoms with Gasteiger partial charge in [0, 0.05) is 22.4 Å². The van der Waals surface area contributed by atoms with E-state index in [1.54, 1.807) is 25.2 Å². The standard InChI is InChI=1S/C33H36F3N4O8PS/c1-22(50-26-17-45-30(46-18-26)7-5-4-6-24-9-8-23(16-37)14-28(24)35)33(19-40-21-38-20-39-40,27-11-10-25(34)15-29(27)36)48-31(41)32(2,3)12-13-47-49(42,43)44/h4-11,14-15,20-22,26,30H,12-13,17-19H2,1-3H3,(H2,42,43,44)/b6-4+,7-5+/t22-,26?,30?,33-/m1/s1. The molecule has 1 aliphatic rings. The van der Waals surface area contributed by atoms with Gasteiger partial charge in [-0.25, -0.2) is 27.4 Å². The minimum Gasteiger partial charge on any atom is -0.450 e. The molecule has 0 radical (unpaired) electrons. The van der Waals surface area contributed by atoms with Gasteiger partial charge in [0.1, 0.15) is 30.1 Å². The zero-order chi connectivity index (χ0) is 36.5. The predicted molar refractivity (Wildman–Crippen MR) is 176 cm³/mol. The third kappa shape index (κ3) is 10.6. The average Bonchev–Trinajstić information content (AvgIpc) is 3.56. The summed E-state index contributed by atoms with van der Waals surface area (Å²) >= 11 is 1.28. The van der Waals surface area contributed by atoms with E-state index < -0.39 is 60.4 Å². The van der Waals surface area contributed by atoms with Crippen molar-refractivity contribution in [3.8, 4) is 6.07 Å². The summed E-state index contributed by atoms with van der Waals surface area (Å²) in [5, 5.41) is 12.0. The maximum absolute atomic E-state index is 15.7. The van der Waals surface area contributed by atoms with Crippen molar-refractivity contribution in [2.24, 2.45) is 5.41 Å². The SMILES string of the molecule is C[C@@H](SC1COC(/C=C/C=C/c2ccc(C#N)cc2F)OC1)[C@@](Cn1cncn1)(OC(=O)C(C)(C)CCOP(=O)(O)O)c1ccc(F)cc1F. The topological polar surface area (TPSA) is 166 Å². The Morgan fingerprint density at radius 2 is 1.92 bits per heavy atom. The molecule has 0 saturated carbocycles. The summed E-state index contributed by atoms with van der Waals surface area (Å²) in [6.07, 6.45) is 8.13. The Labute approximate surface area is 291 Å². The number of nitriles is 1. The molecule has 0 amide bonds. The van der Waals surface area contributed by atoms with Crippen LogP contribution < -0.4 is 0 Å². The number of esters is 1. The van der Waals surface area contributed by atoms with Crippen molar-refractivity contribution in [3.05, 3.63) is 101 Å². The molecule has 1 aromatic heterocycles. The Bertz CT molecular complexity index is 1770. The number of aromatic nitrogens is 3. The molecule has 12 nitrogen and oxygen atoms in total. The number of halogens is 3. The molecule has 2 N–H and O–H groups in total. The number of thioether (sulfide) groups is 1. The van der Waals surface area contributed by atoms with Crippen molar-refractivity contribution in [2.75, 3.05) is 19.8 Å². The third-order valence-corrected chi connectivity index (χ3v) is 9.76. The van der Waals surface area contributed by atoms with Crippen LogP contribution in [0.15, 0.2) is 67.3 Å². The summed E-state index contributed by atoms with van der Waals surface area (Å²) < 4.78 is 79.0. The maximum atomic E-state index is 15.7. The molecular formula is C33H36F3N4O8PS. The van der Waals surface area contributed by atoms with Gasteiger partial charge in [-0.3, -0.25) is 9.32 Å². The molecule has 0 spiro atoms. The Morgan fingerprint density at radius 1 is 1.18 bits per heavy atom. The van der Waals surface area contributed by atoms with Gasteiger partial charge >= 0.3 is 13.8 Å². The monoisotopic (exact) mass is 736 g/mol. The summed E-state index contributed by atoms with van der Waals surface area (Å²) in [6, 6.07) is 8.96. The van der Waals surface area contributed by atoms with Crippen LogP contribution in [0.3, 0.4) is 0 Å². The van der Waals surface area contributed by atoms with Crippen molar-refractivity contribution in [3.63, 3.8) is 0 Å². The molecular weight excluding hydrogens is 700 g/mol. The van der Waals surface area contributed by atoms with Gasteiger partial charge in [-0.2, -0.15) is 10.4 Å². The number of benzene rings is 2. The molecule has 1 saturated heterocycles. The van der Waals surface area contributed by atoms with Gasteiger partial charge in [-0.1, -0.05) is 24.3 Å². The lowest BCUT2D eigenvalue weighted by molar-refractivity contribution is -0.175. The van der Waals surface area contributed by atoms with E-state index in [0.29, 0.717) is 11.6 Å². The lowest BCUT2D eigenvalue weighted by Gasteiger charge is -2.42. The van der Waals surface area contributed by atoms with Gasteiger partial charge in [-0.05, 0) is 57.5 Å². The largest absolute Gasteiger partial charge is 0.469 e. The minimum atomic E-state index is -4.80. The maximum Gasteiger partial charge on any atom is 0.469 e. The summed E-state index contributed by atoms with van der Waals surface area (Å²) in [4.78, 5) is 35.9. The fourth-order valence-electron chi connectivity index (χ4n) is 4.95. The highest BCUT2D eigenvalue weighted by Crippen LogP contribution is 2.44. The number of hydrogen-bond donors (Lipinski definition) is 2. The summed E-state index contributed by atoms with van der Waals surface area (Å²) in [7, 11) is -4.80. The van der Waals surface area contributed by atoms with Gasteiger partial charge < -0.3 is 24.0 Å². The van der Waals surface area contributed by atoms with E-state index in [2.05, 4.69) is 14.6 Å². The van der Waals surface area contributed by atoms with E-state index in [4.69, 9.17) is 29.3 Å². The number of hydrogen-bond acceptors (Lipinski definition) is 10. The lowest BCUT2D eigenvalue weighted by atomic mass is 9.86. The number of carbonyl (C=O) groups excluding carboxylic acids is 1. The Kier molecular flexibility index (Phi) is 13.2. The molecule has 3 aromatic rings. The second-order valence-electron chi connectivity index (χ2n) is 12.0. The number of rotatable bonds is 15. The number of ether oxygens (including phenoxy) is 3. The highest BCUT2D eigenvalue weighted by atomic mass is 32.2. The summed E-state index contributed by atoms with van der Waals surface area (Å²) in [5.74, 6) is -3.18. The normalized spacial score (nSPS) is 18.9. The van der Waals surface area contributed by atoms with Crippen LogP contribution in [-0.4, -0.2) is 67.1 Å². The van der Waals surface area contributed by atoms with Gasteiger partial charge in [-0.15, -0.1) is 11.8 Å². The first-order valence-electron chi connectivity index (χ1n) is 15.3. The summed E-state index contributed by atoms with van der Waals surface area (Å²) in [5.41, 5.74) is -2.78. The van der Waals surface area contributed by atoms with Crippen LogP contribution in [0.5, 0.6) is 0 Å². The van der Waals surface area contributed by atoms with E-state index in [-0.39, 0.29) is 42.6 Å². The van der Waals surface area contributed by atoms with Crippen LogP contribution in [0.25, 0.3) is 6.08 Å². The Hall–Kier alpha value is -3.81. The molecule has 1 aliphatic heterocycles. The molecule has 2 aromatic carbocycles. The molecule has 2 atom stereocenters. The Morgan fingerprint density at radius 3 is 2.54 bits per heavy atom.